The van der Waals surface area contributed by atoms with Crippen LogP contribution in [0.25, 0.3) is 11.0 Å². The van der Waals surface area contributed by atoms with Gasteiger partial charge in [0.05, 0.1) is 12.0 Å². The van der Waals surface area contributed by atoms with Crippen molar-refractivity contribution in [2.45, 2.75) is 37.4 Å². The minimum absolute atomic E-state index is 0.259. The highest BCUT2D eigenvalue weighted by molar-refractivity contribution is 5.86. The number of fused-ring (bicyclic) bond motifs is 1. The summed E-state index contributed by atoms with van der Waals surface area (Å²) in [6.45, 7) is 1.37. The Kier molecular flexibility index (Phi) is 3.33. The molecule has 8 heteroatoms. The molecule has 1 aliphatic rings. The Morgan fingerprint density at radius 3 is 2.90 bits per heavy atom. The van der Waals surface area contributed by atoms with Crippen LogP contribution < -0.4 is 5.73 Å². The number of aromatic nitrogens is 3. The highest BCUT2D eigenvalue weighted by Crippen LogP contribution is 2.42. The first kappa shape index (κ1) is 14.2. The third-order valence-corrected chi connectivity index (χ3v) is 4.13. The average Bonchev–Trinajstić information content (AvgIpc) is 3.01. The molecule has 2 aromatic rings. The van der Waals surface area contributed by atoms with Crippen LogP contribution >= 0.6 is 0 Å². The fourth-order valence-corrected chi connectivity index (χ4v) is 2.84. The van der Waals surface area contributed by atoms with Gasteiger partial charge in [0, 0.05) is 6.20 Å². The Morgan fingerprint density at radius 1 is 1.48 bits per heavy atom. The molecular weight excluding hydrogens is 276 g/mol. The third kappa shape index (κ3) is 1.91. The number of aliphatic hydroxyl groups excluding tert-OH is 2. The van der Waals surface area contributed by atoms with Gasteiger partial charge < -0.3 is 30.4 Å². The summed E-state index contributed by atoms with van der Waals surface area (Å²) in [6, 6.07) is 1.72. The minimum Gasteiger partial charge on any atom is -0.394 e. The molecule has 8 nitrogen and oxygen atoms in total. The SMILES string of the molecule is CCC1(O)C(O)C(CO)OC1n1ccc2c(N)ncnc21. The van der Waals surface area contributed by atoms with Gasteiger partial charge in [-0.05, 0) is 12.5 Å². The van der Waals surface area contributed by atoms with E-state index in [0.29, 0.717) is 16.9 Å². The lowest BCUT2D eigenvalue weighted by Crippen LogP contribution is -2.46. The molecular formula is C13H18N4O4. The number of hydrogen-bond donors (Lipinski definition) is 4. The van der Waals surface area contributed by atoms with Crippen molar-refractivity contribution in [1.29, 1.82) is 0 Å². The van der Waals surface area contributed by atoms with Crippen LogP contribution in [0.5, 0.6) is 0 Å². The standard InChI is InChI=1S/C13H18N4O4/c1-2-13(20)9(19)8(5-18)21-12(13)17-4-3-7-10(14)15-6-16-11(7)17/h3-4,6,8-9,12,18-20H,2,5H2,1H3,(H2,14,15,16). The van der Waals surface area contributed by atoms with Crippen LogP contribution in [-0.4, -0.2) is 54.3 Å². The van der Waals surface area contributed by atoms with E-state index < -0.39 is 24.0 Å². The highest BCUT2D eigenvalue weighted by Gasteiger charge is 2.55. The smallest absolute Gasteiger partial charge is 0.167 e. The van der Waals surface area contributed by atoms with Gasteiger partial charge in [-0.2, -0.15) is 0 Å². The van der Waals surface area contributed by atoms with E-state index in [1.165, 1.54) is 6.33 Å². The van der Waals surface area contributed by atoms with Crippen molar-refractivity contribution in [2.75, 3.05) is 12.3 Å². The topological polar surface area (TPSA) is 127 Å². The van der Waals surface area contributed by atoms with E-state index in [2.05, 4.69) is 9.97 Å². The molecule has 0 amide bonds. The van der Waals surface area contributed by atoms with E-state index in [-0.39, 0.29) is 13.0 Å². The quantitative estimate of drug-likeness (QED) is 0.595. The van der Waals surface area contributed by atoms with Crippen molar-refractivity contribution in [3.63, 3.8) is 0 Å². The van der Waals surface area contributed by atoms with Crippen molar-refractivity contribution < 1.29 is 20.1 Å². The number of rotatable bonds is 3. The summed E-state index contributed by atoms with van der Waals surface area (Å²) in [5.41, 5.74) is 4.78. The molecule has 4 unspecified atom stereocenters. The average molecular weight is 294 g/mol. The van der Waals surface area contributed by atoms with E-state index in [0.717, 1.165) is 0 Å². The molecule has 4 atom stereocenters. The van der Waals surface area contributed by atoms with Crippen molar-refractivity contribution >= 4 is 16.9 Å². The second-order valence-corrected chi connectivity index (χ2v) is 5.22. The lowest BCUT2D eigenvalue weighted by atomic mass is 9.91. The minimum atomic E-state index is -1.51. The van der Waals surface area contributed by atoms with Crippen LogP contribution in [0.2, 0.25) is 0 Å². The summed E-state index contributed by atoms with van der Waals surface area (Å²) >= 11 is 0. The Hall–Kier alpha value is -1.74. The molecule has 0 saturated carbocycles. The number of nitrogens with zero attached hydrogens (tertiary/aromatic N) is 3. The zero-order valence-electron chi connectivity index (χ0n) is 11.5. The number of aliphatic hydroxyl groups is 3. The molecule has 5 N–H and O–H groups in total. The maximum atomic E-state index is 10.7. The molecule has 2 aromatic heterocycles. The predicted molar refractivity (Wildman–Crippen MR) is 74.2 cm³/mol. The van der Waals surface area contributed by atoms with Crippen LogP contribution in [0.15, 0.2) is 18.6 Å². The Morgan fingerprint density at radius 2 is 2.24 bits per heavy atom. The van der Waals surface area contributed by atoms with E-state index in [4.69, 9.17) is 10.5 Å². The molecule has 0 aromatic carbocycles. The van der Waals surface area contributed by atoms with Gasteiger partial charge in [0.1, 0.15) is 35.6 Å². The largest absolute Gasteiger partial charge is 0.394 e. The van der Waals surface area contributed by atoms with Gasteiger partial charge in [-0.1, -0.05) is 6.92 Å². The summed E-state index contributed by atoms with van der Waals surface area (Å²) in [7, 11) is 0. The molecule has 1 fully saturated rings. The lowest BCUT2D eigenvalue weighted by Gasteiger charge is -2.30. The number of hydrogen-bond acceptors (Lipinski definition) is 7. The Labute approximate surface area is 120 Å². The van der Waals surface area contributed by atoms with Gasteiger partial charge in [-0.3, -0.25) is 0 Å². The number of ether oxygens (including phenoxy) is 1. The number of anilines is 1. The monoisotopic (exact) mass is 294 g/mol. The third-order valence-electron chi connectivity index (χ3n) is 4.13. The van der Waals surface area contributed by atoms with Gasteiger partial charge in [-0.15, -0.1) is 0 Å². The van der Waals surface area contributed by atoms with Gasteiger partial charge >= 0.3 is 0 Å². The molecule has 1 saturated heterocycles. The number of nitrogens with two attached hydrogens (primary N) is 1. The molecule has 1 aliphatic heterocycles. The molecule has 3 rings (SSSR count). The van der Waals surface area contributed by atoms with Crippen molar-refractivity contribution in [3.8, 4) is 0 Å². The van der Waals surface area contributed by atoms with Crippen LogP contribution in [0.4, 0.5) is 5.82 Å². The fourth-order valence-electron chi connectivity index (χ4n) is 2.84. The zero-order valence-corrected chi connectivity index (χ0v) is 11.5. The Bertz CT molecular complexity index is 661. The molecule has 0 radical (unpaired) electrons. The summed E-state index contributed by atoms with van der Waals surface area (Å²) < 4.78 is 7.24. The maximum absolute atomic E-state index is 10.7. The first-order chi connectivity index (χ1) is 10.0. The first-order valence-electron chi connectivity index (χ1n) is 6.76. The summed E-state index contributed by atoms with van der Waals surface area (Å²) in [5.74, 6) is 0.330. The van der Waals surface area contributed by atoms with Gasteiger partial charge in [0.2, 0.25) is 0 Å². The number of nitrogen functional groups attached to an aromatic ring is 1. The summed E-state index contributed by atoms with van der Waals surface area (Å²) in [5, 5.41) is 30.9. The van der Waals surface area contributed by atoms with Crippen LogP contribution in [-0.2, 0) is 4.74 Å². The van der Waals surface area contributed by atoms with E-state index in [1.54, 1.807) is 23.8 Å². The van der Waals surface area contributed by atoms with Gasteiger partial charge in [0.15, 0.2) is 6.23 Å². The van der Waals surface area contributed by atoms with Crippen LogP contribution in [0.1, 0.15) is 19.6 Å². The molecule has 0 bridgehead atoms. The second-order valence-electron chi connectivity index (χ2n) is 5.22. The maximum Gasteiger partial charge on any atom is 0.167 e. The van der Waals surface area contributed by atoms with Crippen LogP contribution in [0.3, 0.4) is 0 Å². The van der Waals surface area contributed by atoms with Crippen LogP contribution in [0, 0.1) is 0 Å². The summed E-state index contributed by atoms with van der Waals surface area (Å²) in [6.07, 6.45) is 0.365. The molecule has 21 heavy (non-hydrogen) atoms. The second kappa shape index (κ2) is 4.92. The molecule has 3 heterocycles. The van der Waals surface area contributed by atoms with E-state index in [9.17, 15) is 15.3 Å². The Balaban J connectivity index is 2.11. The van der Waals surface area contributed by atoms with Crippen molar-refractivity contribution in [3.05, 3.63) is 18.6 Å². The first-order valence-corrected chi connectivity index (χ1v) is 6.76. The van der Waals surface area contributed by atoms with Crippen molar-refractivity contribution in [1.82, 2.24) is 14.5 Å². The van der Waals surface area contributed by atoms with Crippen molar-refractivity contribution in [2.24, 2.45) is 0 Å². The highest BCUT2D eigenvalue weighted by atomic mass is 16.6. The normalized spacial score (nSPS) is 32.9. The van der Waals surface area contributed by atoms with E-state index >= 15 is 0 Å². The molecule has 0 aliphatic carbocycles. The fraction of sp³-hybridized carbons (Fsp3) is 0.538. The predicted octanol–water partition coefficient (Wildman–Crippen LogP) is -0.595. The van der Waals surface area contributed by atoms with Gasteiger partial charge in [-0.25, -0.2) is 9.97 Å². The summed E-state index contributed by atoms with van der Waals surface area (Å²) in [4.78, 5) is 8.07. The van der Waals surface area contributed by atoms with Gasteiger partial charge in [0.25, 0.3) is 0 Å². The molecule has 0 spiro atoms. The van der Waals surface area contributed by atoms with E-state index in [1.807, 2.05) is 0 Å². The zero-order chi connectivity index (χ0) is 15.2. The molecule has 114 valence electrons. The lowest BCUT2D eigenvalue weighted by molar-refractivity contribution is -0.109.